The van der Waals surface area contributed by atoms with Crippen LogP contribution in [0.15, 0.2) is 42.5 Å². The first-order valence-electron chi connectivity index (χ1n) is 10.9. The van der Waals surface area contributed by atoms with Gasteiger partial charge >= 0.3 is 5.97 Å². The first-order chi connectivity index (χ1) is 15.6. The Labute approximate surface area is 194 Å². The van der Waals surface area contributed by atoms with Crippen molar-refractivity contribution in [2.75, 3.05) is 29.4 Å². The molecule has 8 nitrogen and oxygen atoms in total. The van der Waals surface area contributed by atoms with Gasteiger partial charge in [0.05, 0.1) is 12.3 Å². The van der Waals surface area contributed by atoms with E-state index in [4.69, 9.17) is 9.47 Å². The van der Waals surface area contributed by atoms with Gasteiger partial charge in [0.25, 0.3) is 0 Å². The number of nitrogens with one attached hydrogen (secondary N) is 1. The molecule has 0 aliphatic carbocycles. The fraction of sp³-hybridized carbons (Fsp3) is 0.417. The van der Waals surface area contributed by atoms with Crippen molar-refractivity contribution >= 4 is 33.3 Å². The molecule has 1 saturated heterocycles. The highest BCUT2D eigenvalue weighted by Gasteiger charge is 2.52. The SMILES string of the molecule is CCOC(=O)COc1ccc(NC(=O)[C@@]2(C)CCCN(c3c(C)cccc3C)S2(=O)=O)cc1. The fourth-order valence-corrected chi connectivity index (χ4v) is 6.03. The Balaban J connectivity index is 1.77. The number of sulfonamides is 1. The van der Waals surface area contributed by atoms with Gasteiger partial charge in [0.1, 0.15) is 5.75 Å². The van der Waals surface area contributed by atoms with Crippen LogP contribution in [-0.4, -0.2) is 44.8 Å². The van der Waals surface area contributed by atoms with Gasteiger partial charge in [-0.15, -0.1) is 0 Å². The van der Waals surface area contributed by atoms with Gasteiger partial charge in [-0.1, -0.05) is 18.2 Å². The Morgan fingerprint density at radius 1 is 1.09 bits per heavy atom. The lowest BCUT2D eigenvalue weighted by atomic mass is 10.0. The third-order valence-corrected chi connectivity index (χ3v) is 8.29. The topological polar surface area (TPSA) is 102 Å². The van der Waals surface area contributed by atoms with Crippen molar-refractivity contribution in [1.29, 1.82) is 0 Å². The molecule has 1 N–H and O–H groups in total. The molecule has 1 fully saturated rings. The average molecular weight is 475 g/mol. The highest BCUT2D eigenvalue weighted by Crippen LogP contribution is 2.38. The molecule has 0 spiro atoms. The lowest BCUT2D eigenvalue weighted by molar-refractivity contribution is -0.145. The molecular weight excluding hydrogens is 444 g/mol. The number of hydrogen-bond donors (Lipinski definition) is 1. The summed E-state index contributed by atoms with van der Waals surface area (Å²) >= 11 is 0. The van der Waals surface area contributed by atoms with E-state index in [2.05, 4.69) is 5.32 Å². The summed E-state index contributed by atoms with van der Waals surface area (Å²) in [7, 11) is -3.97. The summed E-state index contributed by atoms with van der Waals surface area (Å²) in [6, 6.07) is 12.0. The number of para-hydroxylation sites is 1. The normalized spacial score (nSPS) is 19.6. The highest BCUT2D eigenvalue weighted by atomic mass is 32.2. The van der Waals surface area contributed by atoms with Gasteiger partial charge in [-0.3, -0.25) is 9.10 Å². The third kappa shape index (κ3) is 4.98. The van der Waals surface area contributed by atoms with Gasteiger partial charge in [0.15, 0.2) is 11.4 Å². The second-order valence-electron chi connectivity index (χ2n) is 8.22. The molecule has 0 bridgehead atoms. The summed E-state index contributed by atoms with van der Waals surface area (Å²) < 4.78 is 37.2. The van der Waals surface area contributed by atoms with Crippen molar-refractivity contribution in [3.05, 3.63) is 53.6 Å². The zero-order valence-corrected chi connectivity index (χ0v) is 20.2. The summed E-state index contributed by atoms with van der Waals surface area (Å²) in [6.07, 6.45) is 0.793. The zero-order valence-electron chi connectivity index (χ0n) is 19.4. The Bertz CT molecular complexity index is 1110. The van der Waals surface area contributed by atoms with Crippen molar-refractivity contribution < 1.29 is 27.5 Å². The first-order valence-corrected chi connectivity index (χ1v) is 12.3. The van der Waals surface area contributed by atoms with Crippen molar-refractivity contribution in [1.82, 2.24) is 0 Å². The summed E-state index contributed by atoms with van der Waals surface area (Å²) in [5.41, 5.74) is 2.77. The smallest absolute Gasteiger partial charge is 0.344 e. The molecule has 0 aromatic heterocycles. The van der Waals surface area contributed by atoms with Crippen LogP contribution in [0.1, 0.15) is 37.8 Å². The van der Waals surface area contributed by atoms with E-state index in [1.807, 2.05) is 32.0 Å². The molecule has 1 heterocycles. The maximum absolute atomic E-state index is 13.6. The molecular formula is C24H30N2O6S. The number of aryl methyl sites for hydroxylation is 2. The lowest BCUT2D eigenvalue weighted by Gasteiger charge is -2.40. The van der Waals surface area contributed by atoms with Crippen molar-refractivity contribution in [3.63, 3.8) is 0 Å². The Morgan fingerprint density at radius 3 is 2.33 bits per heavy atom. The van der Waals surface area contributed by atoms with Crippen molar-refractivity contribution in [2.45, 2.75) is 45.3 Å². The number of anilines is 2. The fourth-order valence-electron chi connectivity index (χ4n) is 3.96. The van der Waals surface area contributed by atoms with Gasteiger partial charge < -0.3 is 14.8 Å². The predicted molar refractivity (Wildman–Crippen MR) is 127 cm³/mol. The van der Waals surface area contributed by atoms with E-state index >= 15 is 0 Å². The van der Waals surface area contributed by atoms with Gasteiger partial charge in [0, 0.05) is 12.2 Å². The van der Waals surface area contributed by atoms with Gasteiger partial charge in [0.2, 0.25) is 15.9 Å². The van der Waals surface area contributed by atoms with E-state index < -0.39 is 26.6 Å². The van der Waals surface area contributed by atoms with Crippen molar-refractivity contribution in [3.8, 4) is 5.75 Å². The number of benzene rings is 2. The number of carbonyl (C=O) groups is 2. The van der Waals surface area contributed by atoms with Crippen LogP contribution in [0, 0.1) is 13.8 Å². The number of amides is 1. The maximum Gasteiger partial charge on any atom is 0.344 e. The van der Waals surface area contributed by atoms with Crippen LogP contribution < -0.4 is 14.4 Å². The monoisotopic (exact) mass is 474 g/mol. The first kappa shape index (κ1) is 24.6. The van der Waals surface area contributed by atoms with E-state index in [1.54, 1.807) is 31.2 Å². The molecule has 2 aromatic carbocycles. The Morgan fingerprint density at radius 2 is 1.73 bits per heavy atom. The van der Waals surface area contributed by atoms with E-state index in [1.165, 1.54) is 11.2 Å². The molecule has 1 atom stereocenters. The Kier molecular flexibility index (Phi) is 7.31. The minimum atomic E-state index is -3.97. The summed E-state index contributed by atoms with van der Waals surface area (Å²) in [5.74, 6) is -0.629. The molecule has 178 valence electrons. The number of hydrogen-bond acceptors (Lipinski definition) is 6. The minimum Gasteiger partial charge on any atom is -0.482 e. The quantitative estimate of drug-likeness (QED) is 0.616. The van der Waals surface area contributed by atoms with Crippen LogP contribution >= 0.6 is 0 Å². The summed E-state index contributed by atoms with van der Waals surface area (Å²) in [6.45, 7) is 7.33. The van der Waals surface area contributed by atoms with Gasteiger partial charge in [-0.25, -0.2) is 13.2 Å². The van der Waals surface area contributed by atoms with Crippen LogP contribution in [0.2, 0.25) is 0 Å². The molecule has 9 heteroatoms. The maximum atomic E-state index is 13.6. The number of esters is 1. The van der Waals surface area contributed by atoms with Crippen LogP contribution in [-0.2, 0) is 24.3 Å². The Hall–Kier alpha value is -3.07. The average Bonchev–Trinajstić information content (AvgIpc) is 2.76. The number of carbonyl (C=O) groups excluding carboxylic acids is 2. The van der Waals surface area contributed by atoms with E-state index in [0.29, 0.717) is 30.1 Å². The molecule has 1 aliphatic heterocycles. The molecule has 0 saturated carbocycles. The second kappa shape index (κ2) is 9.82. The molecule has 2 aromatic rings. The molecule has 1 amide bonds. The number of nitrogens with zero attached hydrogens (tertiary/aromatic N) is 1. The predicted octanol–water partition coefficient (Wildman–Crippen LogP) is 3.57. The molecule has 1 aliphatic rings. The molecule has 3 rings (SSSR count). The molecule has 33 heavy (non-hydrogen) atoms. The van der Waals surface area contributed by atoms with E-state index in [-0.39, 0.29) is 19.6 Å². The minimum absolute atomic E-state index is 0.218. The van der Waals surface area contributed by atoms with E-state index in [9.17, 15) is 18.0 Å². The van der Waals surface area contributed by atoms with Gasteiger partial charge in [-0.05, 0) is 75.9 Å². The molecule has 0 radical (unpaired) electrons. The van der Waals surface area contributed by atoms with Crippen LogP contribution in [0.4, 0.5) is 11.4 Å². The summed E-state index contributed by atoms with van der Waals surface area (Å²) in [4.78, 5) is 24.6. The van der Waals surface area contributed by atoms with Crippen LogP contribution in [0.25, 0.3) is 0 Å². The number of rotatable bonds is 7. The van der Waals surface area contributed by atoms with Crippen molar-refractivity contribution in [2.24, 2.45) is 0 Å². The van der Waals surface area contributed by atoms with E-state index in [0.717, 1.165) is 11.1 Å². The largest absolute Gasteiger partial charge is 0.482 e. The summed E-state index contributed by atoms with van der Waals surface area (Å²) in [5, 5.41) is 2.73. The zero-order chi connectivity index (χ0) is 24.2. The standard InChI is InChI=1S/C24H30N2O6S/c1-5-31-21(27)16-32-20-12-10-19(11-13-20)25-23(28)24(4)14-7-15-26(33(24,29)30)22-17(2)8-6-9-18(22)3/h6,8-13H,5,7,14-16H2,1-4H3,(H,25,28)/t24-/m1/s1. The van der Waals surface area contributed by atoms with Crippen LogP contribution in [0.5, 0.6) is 5.75 Å². The van der Waals surface area contributed by atoms with Crippen LogP contribution in [0.3, 0.4) is 0 Å². The lowest BCUT2D eigenvalue weighted by Crippen LogP contribution is -2.57. The van der Waals surface area contributed by atoms with Gasteiger partial charge in [-0.2, -0.15) is 0 Å². The second-order valence-corrected chi connectivity index (χ2v) is 10.5. The third-order valence-electron chi connectivity index (χ3n) is 5.82. The molecule has 0 unspecified atom stereocenters. The highest BCUT2D eigenvalue weighted by molar-refractivity contribution is 7.95. The number of ether oxygens (including phenoxy) is 2.